The summed E-state index contributed by atoms with van der Waals surface area (Å²) in [4.78, 5) is 27.8. The number of rotatable bonds is 8. The van der Waals surface area contributed by atoms with Crippen LogP contribution in [0.2, 0.25) is 0 Å². The van der Waals surface area contributed by atoms with E-state index in [0.717, 1.165) is 38.5 Å². The van der Waals surface area contributed by atoms with Gasteiger partial charge >= 0.3 is 11.9 Å². The fraction of sp³-hybridized carbons (Fsp3) is 0.500. The van der Waals surface area contributed by atoms with Gasteiger partial charge in [-0.3, -0.25) is 0 Å². The number of carbonyl (C=O) groups is 2. The molecule has 0 radical (unpaired) electrons. The van der Waals surface area contributed by atoms with Crippen molar-refractivity contribution in [1.82, 2.24) is 0 Å². The molecule has 0 aromatic heterocycles. The summed E-state index contributed by atoms with van der Waals surface area (Å²) in [6.45, 7) is 13.5. The van der Waals surface area contributed by atoms with Gasteiger partial charge in [-0.05, 0) is 71.6 Å². The maximum absolute atomic E-state index is 13.9. The summed E-state index contributed by atoms with van der Waals surface area (Å²) < 4.78 is 12.7. The fourth-order valence-corrected chi connectivity index (χ4v) is 7.97. The lowest BCUT2D eigenvalue weighted by atomic mass is 9.64. The van der Waals surface area contributed by atoms with E-state index in [9.17, 15) is 9.59 Å². The molecule has 0 aliphatic heterocycles. The van der Waals surface area contributed by atoms with E-state index in [0.29, 0.717) is 11.8 Å². The molecule has 2 saturated carbocycles. The summed E-state index contributed by atoms with van der Waals surface area (Å²) in [6.07, 6.45) is 5.36. The van der Waals surface area contributed by atoms with Crippen molar-refractivity contribution in [2.75, 3.05) is 0 Å². The van der Waals surface area contributed by atoms with Gasteiger partial charge in [0.2, 0.25) is 0 Å². The lowest BCUT2D eigenvalue weighted by molar-refractivity contribution is -0.0272. The predicted octanol–water partition coefficient (Wildman–Crippen LogP) is 9.57. The summed E-state index contributed by atoms with van der Waals surface area (Å²) in [5.41, 5.74) is 2.74. The van der Waals surface area contributed by atoms with Gasteiger partial charge in [0.1, 0.15) is 12.2 Å². The Morgan fingerprint density at radius 1 is 0.545 bits per heavy atom. The van der Waals surface area contributed by atoms with Crippen LogP contribution in [0, 0.1) is 23.7 Å². The zero-order valence-corrected chi connectivity index (χ0v) is 27.4. The van der Waals surface area contributed by atoms with Crippen LogP contribution in [-0.4, -0.2) is 24.1 Å². The largest absolute Gasteiger partial charge is 0.458 e. The molecule has 3 aromatic rings. The van der Waals surface area contributed by atoms with Gasteiger partial charge in [-0.25, -0.2) is 9.59 Å². The fourth-order valence-electron chi connectivity index (χ4n) is 7.97. The van der Waals surface area contributed by atoms with Gasteiger partial charge in [0.05, 0.1) is 11.1 Å². The summed E-state index contributed by atoms with van der Waals surface area (Å²) in [7, 11) is 0. The highest BCUT2D eigenvalue weighted by molar-refractivity contribution is 6.03. The third-order valence-electron chi connectivity index (χ3n) is 10.9. The lowest BCUT2D eigenvalue weighted by Gasteiger charge is -2.44. The van der Waals surface area contributed by atoms with Crippen molar-refractivity contribution in [3.05, 3.63) is 107 Å². The molecule has 6 atom stereocenters. The maximum atomic E-state index is 13.9. The smallest absolute Gasteiger partial charge is 0.339 e. The summed E-state index contributed by atoms with van der Waals surface area (Å²) >= 11 is 0. The molecule has 0 bridgehead atoms. The Hall–Kier alpha value is -3.40. The van der Waals surface area contributed by atoms with Gasteiger partial charge in [-0.15, -0.1) is 0 Å². The zero-order chi connectivity index (χ0) is 31.5. The van der Waals surface area contributed by atoms with E-state index < -0.39 is 11.9 Å². The first-order valence-electron chi connectivity index (χ1n) is 16.6. The average molecular weight is 595 g/mol. The first-order valence-corrected chi connectivity index (χ1v) is 16.6. The molecule has 2 fully saturated rings. The van der Waals surface area contributed by atoms with Crippen molar-refractivity contribution in [2.24, 2.45) is 23.7 Å². The Bertz CT molecular complexity index is 1300. The number of ether oxygens (including phenoxy) is 2. The second-order valence-corrected chi connectivity index (χ2v) is 14.7. The van der Waals surface area contributed by atoms with Crippen molar-refractivity contribution in [3.8, 4) is 0 Å². The standard InChI is InChI=1S/C40H50O4/c1-27-21-23-33(39(3,4)29-15-9-7-10-16-29)35(25-27)43-37(41)31-19-13-14-20-32(31)38(42)44-36-26-28(2)22-24-34(36)40(5,6)30-17-11-8-12-18-30/h7-20,27-28,33-36H,21-26H2,1-6H3/t27-,28-,33-,34-,35-,36-/m1/s1. The molecular weight excluding hydrogens is 544 g/mol. The minimum absolute atomic E-state index is 0.164. The molecule has 0 unspecified atom stereocenters. The van der Waals surface area contributed by atoms with E-state index in [-0.39, 0.29) is 46.0 Å². The van der Waals surface area contributed by atoms with Crippen molar-refractivity contribution >= 4 is 11.9 Å². The van der Waals surface area contributed by atoms with E-state index >= 15 is 0 Å². The average Bonchev–Trinajstić information content (AvgIpc) is 3.01. The molecule has 3 aromatic carbocycles. The molecule has 4 nitrogen and oxygen atoms in total. The van der Waals surface area contributed by atoms with Gasteiger partial charge in [-0.1, -0.05) is 127 Å². The second-order valence-electron chi connectivity index (χ2n) is 14.7. The molecule has 2 aliphatic rings. The van der Waals surface area contributed by atoms with Gasteiger partial charge < -0.3 is 9.47 Å². The van der Waals surface area contributed by atoms with Crippen LogP contribution in [0.3, 0.4) is 0 Å². The SMILES string of the molecule is C[C@@H]1CC[C@@H](C(C)(C)c2ccccc2)[C@H](OC(=O)c2ccccc2C(=O)O[C@@H]2C[C@H](C)CC[C@H]2C(C)(C)c2ccccc2)C1. The van der Waals surface area contributed by atoms with E-state index in [1.54, 1.807) is 24.3 Å². The van der Waals surface area contributed by atoms with Crippen LogP contribution in [0.4, 0.5) is 0 Å². The Balaban J connectivity index is 1.36. The molecule has 0 heterocycles. The molecule has 2 aliphatic carbocycles. The number of hydrogen-bond donors (Lipinski definition) is 0. The lowest BCUT2D eigenvalue weighted by Crippen LogP contribution is -2.44. The van der Waals surface area contributed by atoms with E-state index in [2.05, 4.69) is 90.1 Å². The summed E-state index contributed by atoms with van der Waals surface area (Å²) in [5, 5.41) is 0. The zero-order valence-electron chi connectivity index (χ0n) is 27.4. The quantitative estimate of drug-likeness (QED) is 0.244. The first kappa shape index (κ1) is 32.0. The van der Waals surface area contributed by atoms with E-state index in [1.165, 1.54) is 11.1 Å². The number of hydrogen-bond acceptors (Lipinski definition) is 4. The third-order valence-corrected chi connectivity index (χ3v) is 10.9. The third kappa shape index (κ3) is 6.80. The van der Waals surface area contributed by atoms with Gasteiger partial charge in [0, 0.05) is 11.8 Å². The van der Waals surface area contributed by atoms with Crippen LogP contribution >= 0.6 is 0 Å². The van der Waals surface area contributed by atoms with Crippen molar-refractivity contribution in [1.29, 1.82) is 0 Å². The minimum atomic E-state index is -0.441. The highest BCUT2D eigenvalue weighted by Gasteiger charge is 2.44. The van der Waals surface area contributed by atoms with Crippen LogP contribution in [0.15, 0.2) is 84.9 Å². The first-order chi connectivity index (χ1) is 21.0. The number of esters is 2. The predicted molar refractivity (Wildman–Crippen MR) is 177 cm³/mol. The normalized spacial score (nSPS) is 26.0. The van der Waals surface area contributed by atoms with Crippen LogP contribution in [0.25, 0.3) is 0 Å². The van der Waals surface area contributed by atoms with Crippen LogP contribution in [-0.2, 0) is 20.3 Å². The van der Waals surface area contributed by atoms with Gasteiger partial charge in [0.25, 0.3) is 0 Å². The molecular formula is C40H50O4. The molecule has 0 amide bonds. The van der Waals surface area contributed by atoms with E-state index in [4.69, 9.17) is 9.47 Å². The van der Waals surface area contributed by atoms with Crippen LogP contribution in [0.5, 0.6) is 0 Å². The van der Waals surface area contributed by atoms with E-state index in [1.807, 2.05) is 12.1 Å². The van der Waals surface area contributed by atoms with Crippen molar-refractivity contribution < 1.29 is 19.1 Å². The molecule has 234 valence electrons. The van der Waals surface area contributed by atoms with Crippen molar-refractivity contribution in [3.63, 3.8) is 0 Å². The monoisotopic (exact) mass is 594 g/mol. The molecule has 0 N–H and O–H groups in total. The Kier molecular flexibility index (Phi) is 9.68. The highest BCUT2D eigenvalue weighted by Crippen LogP contribution is 2.45. The Morgan fingerprint density at radius 3 is 1.25 bits per heavy atom. The summed E-state index contributed by atoms with van der Waals surface area (Å²) in [6, 6.07) is 28.0. The minimum Gasteiger partial charge on any atom is -0.458 e. The highest BCUT2D eigenvalue weighted by atomic mass is 16.6. The van der Waals surface area contributed by atoms with Crippen LogP contribution < -0.4 is 0 Å². The molecule has 5 rings (SSSR count). The Labute approximate surface area is 264 Å². The number of carbonyl (C=O) groups excluding carboxylic acids is 2. The number of benzene rings is 3. The molecule has 0 spiro atoms. The summed E-state index contributed by atoms with van der Waals surface area (Å²) in [5.74, 6) is 0.401. The molecule has 4 heteroatoms. The van der Waals surface area contributed by atoms with Crippen LogP contribution in [0.1, 0.15) is 112 Å². The topological polar surface area (TPSA) is 52.6 Å². The maximum Gasteiger partial charge on any atom is 0.339 e. The van der Waals surface area contributed by atoms with Gasteiger partial charge in [-0.2, -0.15) is 0 Å². The second kappa shape index (κ2) is 13.3. The van der Waals surface area contributed by atoms with Crippen molar-refractivity contribution in [2.45, 2.75) is 103 Å². The molecule has 0 saturated heterocycles. The Morgan fingerprint density at radius 2 is 0.886 bits per heavy atom. The molecule has 44 heavy (non-hydrogen) atoms. The van der Waals surface area contributed by atoms with Gasteiger partial charge in [0.15, 0.2) is 0 Å².